The molecule has 3 rings (SSSR count). The normalized spacial score (nSPS) is 12.1. The summed E-state index contributed by atoms with van der Waals surface area (Å²) in [6, 6.07) is 25.1. The van der Waals surface area contributed by atoms with Crippen molar-refractivity contribution in [2.45, 2.75) is 77.6 Å². The fourth-order valence-electron chi connectivity index (χ4n) is 4.41. The van der Waals surface area contributed by atoms with Gasteiger partial charge in [0, 0.05) is 5.56 Å². The van der Waals surface area contributed by atoms with Gasteiger partial charge in [-0.05, 0) is 46.7 Å². The van der Waals surface area contributed by atoms with Crippen molar-refractivity contribution in [1.82, 2.24) is 0 Å². The second kappa shape index (κ2) is 12.3. The largest absolute Gasteiger partial charge is 0.507 e. The molecule has 1 N–H and O–H groups in total. The van der Waals surface area contributed by atoms with Crippen molar-refractivity contribution < 1.29 is 5.11 Å². The summed E-state index contributed by atoms with van der Waals surface area (Å²) in [5, 5.41) is 11.2. The van der Waals surface area contributed by atoms with Gasteiger partial charge in [-0.15, -0.1) is 0 Å². The van der Waals surface area contributed by atoms with Crippen LogP contribution in [0.2, 0.25) is 0 Å². The van der Waals surface area contributed by atoms with Gasteiger partial charge in [0.2, 0.25) is 0 Å². The lowest BCUT2D eigenvalue weighted by Crippen LogP contribution is -1.97. The predicted molar refractivity (Wildman–Crippen MR) is 135 cm³/mol. The van der Waals surface area contributed by atoms with Crippen molar-refractivity contribution in [2.75, 3.05) is 0 Å². The predicted octanol–water partition coefficient (Wildman–Crippen LogP) is 9.36. The lowest BCUT2D eigenvalue weighted by molar-refractivity contribution is 0.459. The Kier molecular flexibility index (Phi) is 9.21. The van der Waals surface area contributed by atoms with E-state index < -0.39 is 0 Å². The number of hydrogen-bond donors (Lipinski definition) is 1. The van der Waals surface area contributed by atoms with Crippen LogP contribution in [0.4, 0.5) is 0 Å². The Morgan fingerprint density at radius 2 is 1.19 bits per heavy atom. The number of phenols is 1. The lowest BCUT2D eigenvalue weighted by Gasteiger charge is -2.19. The Morgan fingerprint density at radius 1 is 0.645 bits per heavy atom. The maximum absolute atomic E-state index is 11.2. The molecule has 0 heterocycles. The first-order valence-corrected chi connectivity index (χ1v) is 12.2. The third-order valence-electron chi connectivity index (χ3n) is 6.35. The first-order valence-electron chi connectivity index (χ1n) is 12.2. The van der Waals surface area contributed by atoms with E-state index >= 15 is 0 Å². The third kappa shape index (κ3) is 6.72. The average molecular weight is 415 g/mol. The molecule has 1 nitrogen and oxygen atoms in total. The zero-order valence-corrected chi connectivity index (χ0v) is 19.3. The molecule has 0 fully saturated rings. The van der Waals surface area contributed by atoms with Gasteiger partial charge in [-0.3, -0.25) is 0 Å². The molecule has 0 aromatic heterocycles. The Labute approximate surface area is 189 Å². The van der Waals surface area contributed by atoms with E-state index in [1.165, 1.54) is 62.5 Å². The lowest BCUT2D eigenvalue weighted by atomic mass is 9.87. The molecule has 3 aromatic carbocycles. The number of hydrogen-bond acceptors (Lipinski definition) is 1. The molecule has 0 amide bonds. The van der Waals surface area contributed by atoms with Gasteiger partial charge >= 0.3 is 0 Å². The molecule has 1 unspecified atom stereocenters. The van der Waals surface area contributed by atoms with Crippen molar-refractivity contribution in [3.05, 3.63) is 78.4 Å². The SMILES string of the molecule is CCCCCCCCCCC(C)c1cc(-c2ccccc2)cc(-c2ccccc2)c1O. The summed E-state index contributed by atoms with van der Waals surface area (Å²) in [7, 11) is 0. The van der Waals surface area contributed by atoms with Crippen LogP contribution in [0.3, 0.4) is 0 Å². The summed E-state index contributed by atoms with van der Waals surface area (Å²) in [5.41, 5.74) is 5.44. The van der Waals surface area contributed by atoms with Crippen molar-refractivity contribution in [1.29, 1.82) is 0 Å². The quantitative estimate of drug-likeness (QED) is 0.293. The Morgan fingerprint density at radius 3 is 1.81 bits per heavy atom. The highest BCUT2D eigenvalue weighted by Gasteiger charge is 2.17. The zero-order valence-electron chi connectivity index (χ0n) is 19.3. The number of phenolic OH excluding ortho intramolecular Hbond substituents is 1. The smallest absolute Gasteiger partial charge is 0.126 e. The Bertz CT molecular complexity index is 898. The molecule has 0 aliphatic rings. The summed E-state index contributed by atoms with van der Waals surface area (Å²) in [6.07, 6.45) is 11.8. The van der Waals surface area contributed by atoms with E-state index in [-0.39, 0.29) is 0 Å². The summed E-state index contributed by atoms with van der Waals surface area (Å²) in [4.78, 5) is 0. The number of aromatic hydroxyl groups is 1. The van der Waals surface area contributed by atoms with Gasteiger partial charge in [0.1, 0.15) is 5.75 Å². The van der Waals surface area contributed by atoms with E-state index in [1.54, 1.807) is 0 Å². The molecular formula is C30H38O. The van der Waals surface area contributed by atoms with E-state index in [0.717, 1.165) is 23.1 Å². The van der Waals surface area contributed by atoms with Crippen LogP contribution < -0.4 is 0 Å². The zero-order chi connectivity index (χ0) is 21.9. The fourth-order valence-corrected chi connectivity index (χ4v) is 4.41. The first kappa shape index (κ1) is 23.1. The van der Waals surface area contributed by atoms with Crippen LogP contribution in [-0.4, -0.2) is 5.11 Å². The molecule has 0 aliphatic carbocycles. The number of rotatable bonds is 12. The van der Waals surface area contributed by atoms with Crippen LogP contribution in [0.15, 0.2) is 72.8 Å². The average Bonchev–Trinajstić information content (AvgIpc) is 2.82. The van der Waals surface area contributed by atoms with Crippen molar-refractivity contribution in [3.63, 3.8) is 0 Å². The molecule has 31 heavy (non-hydrogen) atoms. The highest BCUT2D eigenvalue weighted by Crippen LogP contribution is 2.41. The van der Waals surface area contributed by atoms with Gasteiger partial charge in [0.15, 0.2) is 0 Å². The second-order valence-corrected chi connectivity index (χ2v) is 8.86. The highest BCUT2D eigenvalue weighted by atomic mass is 16.3. The molecule has 0 saturated heterocycles. The number of benzene rings is 3. The first-order chi connectivity index (χ1) is 15.2. The fraction of sp³-hybridized carbons (Fsp3) is 0.400. The maximum atomic E-state index is 11.2. The van der Waals surface area contributed by atoms with Crippen LogP contribution in [0.25, 0.3) is 22.3 Å². The molecule has 164 valence electrons. The number of unbranched alkanes of at least 4 members (excludes halogenated alkanes) is 7. The maximum Gasteiger partial charge on any atom is 0.126 e. The van der Waals surface area contributed by atoms with E-state index in [9.17, 15) is 5.11 Å². The van der Waals surface area contributed by atoms with Crippen LogP contribution in [0.5, 0.6) is 5.75 Å². The van der Waals surface area contributed by atoms with Crippen LogP contribution in [0, 0.1) is 0 Å². The molecule has 3 aromatic rings. The molecular weight excluding hydrogens is 376 g/mol. The van der Waals surface area contributed by atoms with E-state index in [0.29, 0.717) is 11.7 Å². The summed E-state index contributed by atoms with van der Waals surface area (Å²) in [6.45, 7) is 4.53. The van der Waals surface area contributed by atoms with E-state index in [2.05, 4.69) is 62.4 Å². The van der Waals surface area contributed by atoms with Crippen LogP contribution in [0.1, 0.15) is 83.1 Å². The minimum absolute atomic E-state index is 0.339. The minimum Gasteiger partial charge on any atom is -0.507 e. The molecule has 0 radical (unpaired) electrons. The van der Waals surface area contributed by atoms with Gasteiger partial charge in [-0.2, -0.15) is 0 Å². The molecule has 1 atom stereocenters. The molecule has 0 spiro atoms. The highest BCUT2D eigenvalue weighted by molar-refractivity contribution is 5.79. The summed E-state index contributed by atoms with van der Waals surface area (Å²) >= 11 is 0. The van der Waals surface area contributed by atoms with E-state index in [1.807, 2.05) is 24.3 Å². The topological polar surface area (TPSA) is 20.2 Å². The van der Waals surface area contributed by atoms with Gasteiger partial charge in [0.05, 0.1) is 0 Å². The van der Waals surface area contributed by atoms with Crippen molar-refractivity contribution in [3.8, 4) is 28.0 Å². The Balaban J connectivity index is 1.74. The Hall–Kier alpha value is -2.54. The second-order valence-electron chi connectivity index (χ2n) is 8.86. The summed E-state index contributed by atoms with van der Waals surface area (Å²) in [5.74, 6) is 0.782. The standard InChI is InChI=1S/C30H38O/c1-3-4-5-6-7-8-9-12-17-24(2)28-22-27(25-18-13-10-14-19-25)23-29(30(28)31)26-20-15-11-16-21-26/h10-11,13-16,18-24,31H,3-9,12,17H2,1-2H3. The monoisotopic (exact) mass is 414 g/mol. The molecule has 0 saturated carbocycles. The summed E-state index contributed by atoms with van der Waals surface area (Å²) < 4.78 is 0. The minimum atomic E-state index is 0.339. The van der Waals surface area contributed by atoms with Gasteiger partial charge < -0.3 is 5.11 Å². The molecule has 0 bridgehead atoms. The van der Waals surface area contributed by atoms with Crippen LogP contribution in [-0.2, 0) is 0 Å². The van der Waals surface area contributed by atoms with Crippen molar-refractivity contribution >= 4 is 0 Å². The molecule has 1 heteroatoms. The van der Waals surface area contributed by atoms with Crippen LogP contribution >= 0.6 is 0 Å². The van der Waals surface area contributed by atoms with Gasteiger partial charge in [-0.1, -0.05) is 126 Å². The van der Waals surface area contributed by atoms with Gasteiger partial charge in [-0.25, -0.2) is 0 Å². The third-order valence-corrected chi connectivity index (χ3v) is 6.35. The van der Waals surface area contributed by atoms with E-state index in [4.69, 9.17) is 0 Å². The van der Waals surface area contributed by atoms with Crippen molar-refractivity contribution in [2.24, 2.45) is 0 Å². The molecule has 0 aliphatic heterocycles. The van der Waals surface area contributed by atoms with Gasteiger partial charge in [0.25, 0.3) is 0 Å².